The van der Waals surface area contributed by atoms with Gasteiger partial charge in [0.05, 0.1) is 5.56 Å². The first-order chi connectivity index (χ1) is 11.0. The van der Waals surface area contributed by atoms with Crippen molar-refractivity contribution >= 4 is 5.91 Å². The van der Waals surface area contributed by atoms with Gasteiger partial charge in [0.25, 0.3) is 5.91 Å². The fourth-order valence-corrected chi connectivity index (χ4v) is 2.21. The fourth-order valence-electron chi connectivity index (χ4n) is 2.21. The first-order valence-electron chi connectivity index (χ1n) is 7.46. The molecule has 0 fully saturated rings. The molecule has 2 rings (SSSR count). The Bertz CT molecular complexity index is 621. The van der Waals surface area contributed by atoms with Crippen LogP contribution in [-0.2, 0) is 12.6 Å². The van der Waals surface area contributed by atoms with E-state index in [1.807, 2.05) is 18.2 Å². The molecule has 23 heavy (non-hydrogen) atoms. The molecule has 2 nitrogen and oxygen atoms in total. The Labute approximate surface area is 133 Å². The fraction of sp³-hybridized carbons (Fsp3) is 0.278. The molecule has 0 bridgehead atoms. The van der Waals surface area contributed by atoms with Crippen molar-refractivity contribution in [3.63, 3.8) is 0 Å². The van der Waals surface area contributed by atoms with Crippen LogP contribution in [0.3, 0.4) is 0 Å². The van der Waals surface area contributed by atoms with Crippen molar-refractivity contribution in [2.45, 2.75) is 25.4 Å². The van der Waals surface area contributed by atoms with Crippen LogP contribution in [0.15, 0.2) is 54.6 Å². The van der Waals surface area contributed by atoms with Gasteiger partial charge in [-0.2, -0.15) is 13.2 Å². The highest BCUT2D eigenvalue weighted by atomic mass is 19.4. The number of nitrogens with one attached hydrogen (secondary N) is 1. The summed E-state index contributed by atoms with van der Waals surface area (Å²) < 4.78 is 37.3. The minimum absolute atomic E-state index is 0.237. The molecule has 2 aromatic rings. The third-order valence-corrected chi connectivity index (χ3v) is 3.50. The molecule has 122 valence electrons. The zero-order valence-corrected chi connectivity index (χ0v) is 12.6. The van der Waals surface area contributed by atoms with Crippen LogP contribution < -0.4 is 5.32 Å². The molecule has 1 N–H and O–H groups in total. The molecule has 2 aromatic carbocycles. The zero-order chi connectivity index (χ0) is 16.7. The van der Waals surface area contributed by atoms with Gasteiger partial charge in [0.1, 0.15) is 0 Å². The monoisotopic (exact) mass is 321 g/mol. The minimum Gasteiger partial charge on any atom is -0.352 e. The molecule has 0 aliphatic heterocycles. The topological polar surface area (TPSA) is 29.1 Å². The molecule has 0 atom stereocenters. The Balaban J connectivity index is 1.72. The summed E-state index contributed by atoms with van der Waals surface area (Å²) in [6.07, 6.45) is -1.68. The quantitative estimate of drug-likeness (QED) is 0.782. The van der Waals surface area contributed by atoms with E-state index in [2.05, 4.69) is 17.4 Å². The molecule has 0 spiro atoms. The maximum Gasteiger partial charge on any atom is 0.416 e. The second-order valence-electron chi connectivity index (χ2n) is 5.27. The maximum absolute atomic E-state index is 12.4. The van der Waals surface area contributed by atoms with Crippen molar-refractivity contribution in [3.05, 3.63) is 71.3 Å². The van der Waals surface area contributed by atoms with Crippen molar-refractivity contribution in [2.24, 2.45) is 0 Å². The number of benzene rings is 2. The van der Waals surface area contributed by atoms with Crippen LogP contribution in [0, 0.1) is 0 Å². The average molecular weight is 321 g/mol. The molecule has 0 unspecified atom stereocenters. The summed E-state index contributed by atoms with van der Waals surface area (Å²) in [7, 11) is 0. The minimum atomic E-state index is -4.38. The lowest BCUT2D eigenvalue weighted by atomic mass is 10.1. The number of hydrogen-bond donors (Lipinski definition) is 1. The Hall–Kier alpha value is -2.30. The van der Waals surface area contributed by atoms with Gasteiger partial charge in [0, 0.05) is 12.1 Å². The van der Waals surface area contributed by atoms with Crippen molar-refractivity contribution in [1.82, 2.24) is 5.32 Å². The Morgan fingerprint density at radius 2 is 1.57 bits per heavy atom. The molecule has 1 amide bonds. The summed E-state index contributed by atoms with van der Waals surface area (Å²) in [6, 6.07) is 14.3. The van der Waals surface area contributed by atoms with E-state index in [-0.39, 0.29) is 11.5 Å². The molecule has 0 saturated heterocycles. The molecular formula is C18H18F3NO. The summed E-state index contributed by atoms with van der Waals surface area (Å²) in [5.41, 5.74) is 0.736. The standard InChI is InChI=1S/C18H18F3NO/c19-18(20,21)16-11-9-15(10-12-16)17(23)22-13-5-4-8-14-6-2-1-3-7-14/h1-3,6-7,9-12H,4-5,8,13H2,(H,22,23). The van der Waals surface area contributed by atoms with E-state index < -0.39 is 11.7 Å². The lowest BCUT2D eigenvalue weighted by Gasteiger charge is -2.08. The van der Waals surface area contributed by atoms with Gasteiger partial charge in [-0.25, -0.2) is 0 Å². The predicted octanol–water partition coefficient (Wildman–Crippen LogP) is 4.46. The maximum atomic E-state index is 12.4. The van der Waals surface area contributed by atoms with Crippen LogP contribution in [0.25, 0.3) is 0 Å². The largest absolute Gasteiger partial charge is 0.416 e. The number of amides is 1. The first kappa shape index (κ1) is 17.1. The van der Waals surface area contributed by atoms with Gasteiger partial charge in [-0.15, -0.1) is 0 Å². The van der Waals surface area contributed by atoms with Crippen LogP contribution >= 0.6 is 0 Å². The van der Waals surface area contributed by atoms with Crippen LogP contribution in [-0.4, -0.2) is 12.5 Å². The van der Waals surface area contributed by atoms with E-state index in [0.29, 0.717) is 6.54 Å². The lowest BCUT2D eigenvalue weighted by molar-refractivity contribution is -0.137. The number of aryl methyl sites for hydroxylation is 1. The summed E-state index contributed by atoms with van der Waals surface area (Å²) >= 11 is 0. The van der Waals surface area contributed by atoms with E-state index in [1.165, 1.54) is 17.7 Å². The molecule has 5 heteroatoms. The Morgan fingerprint density at radius 1 is 0.913 bits per heavy atom. The SMILES string of the molecule is O=C(NCCCCc1ccccc1)c1ccc(C(F)(F)F)cc1. The van der Waals surface area contributed by atoms with Gasteiger partial charge in [-0.3, -0.25) is 4.79 Å². The van der Waals surface area contributed by atoms with Gasteiger partial charge in [0.2, 0.25) is 0 Å². The van der Waals surface area contributed by atoms with E-state index in [1.54, 1.807) is 0 Å². The molecule has 0 aliphatic rings. The highest BCUT2D eigenvalue weighted by Crippen LogP contribution is 2.29. The normalized spacial score (nSPS) is 11.3. The van der Waals surface area contributed by atoms with Crippen molar-refractivity contribution < 1.29 is 18.0 Å². The number of halogens is 3. The second kappa shape index (κ2) is 7.81. The number of hydrogen-bond acceptors (Lipinski definition) is 1. The second-order valence-corrected chi connectivity index (χ2v) is 5.27. The molecule has 0 radical (unpaired) electrons. The van der Waals surface area contributed by atoms with Gasteiger partial charge in [0.15, 0.2) is 0 Å². The van der Waals surface area contributed by atoms with Crippen molar-refractivity contribution in [2.75, 3.05) is 6.54 Å². The summed E-state index contributed by atoms with van der Waals surface area (Å²) in [4.78, 5) is 11.8. The Morgan fingerprint density at radius 3 is 2.17 bits per heavy atom. The zero-order valence-electron chi connectivity index (χ0n) is 12.6. The molecule has 0 aliphatic carbocycles. The number of rotatable bonds is 6. The summed E-state index contributed by atoms with van der Waals surface area (Å²) in [6.45, 7) is 0.507. The number of alkyl halides is 3. The summed E-state index contributed by atoms with van der Waals surface area (Å²) in [5, 5.41) is 2.72. The lowest BCUT2D eigenvalue weighted by Crippen LogP contribution is -2.24. The predicted molar refractivity (Wildman–Crippen MR) is 83.2 cm³/mol. The third kappa shape index (κ3) is 5.43. The first-order valence-corrected chi connectivity index (χ1v) is 7.46. The van der Waals surface area contributed by atoms with Crippen LogP contribution in [0.1, 0.15) is 34.3 Å². The van der Waals surface area contributed by atoms with Gasteiger partial charge in [-0.1, -0.05) is 30.3 Å². The van der Waals surface area contributed by atoms with E-state index in [9.17, 15) is 18.0 Å². The molecule has 0 heterocycles. The van der Waals surface area contributed by atoms with Gasteiger partial charge < -0.3 is 5.32 Å². The van der Waals surface area contributed by atoms with E-state index >= 15 is 0 Å². The highest BCUT2D eigenvalue weighted by Gasteiger charge is 2.30. The number of carbonyl (C=O) groups excluding carboxylic acids is 1. The summed E-state index contributed by atoms with van der Waals surface area (Å²) in [5.74, 6) is -0.349. The van der Waals surface area contributed by atoms with Crippen LogP contribution in [0.5, 0.6) is 0 Å². The third-order valence-electron chi connectivity index (χ3n) is 3.50. The van der Waals surface area contributed by atoms with Gasteiger partial charge in [-0.05, 0) is 49.1 Å². The molecule has 0 saturated carbocycles. The van der Waals surface area contributed by atoms with Crippen molar-refractivity contribution in [3.8, 4) is 0 Å². The van der Waals surface area contributed by atoms with E-state index in [0.717, 1.165) is 31.4 Å². The Kier molecular flexibility index (Phi) is 5.79. The van der Waals surface area contributed by atoms with Gasteiger partial charge >= 0.3 is 6.18 Å². The number of carbonyl (C=O) groups is 1. The van der Waals surface area contributed by atoms with Crippen molar-refractivity contribution in [1.29, 1.82) is 0 Å². The molecule has 0 aromatic heterocycles. The van der Waals surface area contributed by atoms with Crippen LogP contribution in [0.2, 0.25) is 0 Å². The highest BCUT2D eigenvalue weighted by molar-refractivity contribution is 5.94. The smallest absolute Gasteiger partial charge is 0.352 e. The van der Waals surface area contributed by atoms with E-state index in [4.69, 9.17) is 0 Å². The van der Waals surface area contributed by atoms with Crippen LogP contribution in [0.4, 0.5) is 13.2 Å². The molecular weight excluding hydrogens is 303 g/mol. The number of unbranched alkanes of at least 4 members (excludes halogenated alkanes) is 1. The average Bonchev–Trinajstić information content (AvgIpc) is 2.54.